The molecular weight excluding hydrogens is 276 g/mol. The molecule has 3 rings (SSSR count). The van der Waals surface area contributed by atoms with Crippen LogP contribution in [0.25, 0.3) is 19.5 Å². The molecular formula is C15H14S3. The van der Waals surface area contributed by atoms with Crippen LogP contribution in [0.15, 0.2) is 29.0 Å². The minimum Gasteiger partial charge on any atom is -0.143 e. The summed E-state index contributed by atoms with van der Waals surface area (Å²) in [4.78, 5) is 5.65. The van der Waals surface area contributed by atoms with E-state index in [1.54, 1.807) is 0 Å². The Balaban J connectivity index is 2.09. The van der Waals surface area contributed by atoms with Crippen molar-refractivity contribution in [2.24, 2.45) is 0 Å². The highest BCUT2D eigenvalue weighted by Gasteiger charge is 2.13. The maximum atomic E-state index is 2.32. The second-order valence-electron chi connectivity index (χ2n) is 4.54. The molecule has 0 N–H and O–H groups in total. The minimum atomic E-state index is 1.36. The van der Waals surface area contributed by atoms with Crippen molar-refractivity contribution in [3.8, 4) is 19.5 Å². The summed E-state index contributed by atoms with van der Waals surface area (Å²) in [7, 11) is 0. The molecule has 18 heavy (non-hydrogen) atoms. The first-order chi connectivity index (χ1) is 8.65. The van der Waals surface area contributed by atoms with Crippen LogP contribution in [0.1, 0.15) is 16.7 Å². The molecule has 0 bridgehead atoms. The molecule has 92 valence electrons. The fraction of sp³-hybridized carbons (Fsp3) is 0.200. The first-order valence-electron chi connectivity index (χ1n) is 5.85. The van der Waals surface area contributed by atoms with Crippen molar-refractivity contribution in [3.63, 3.8) is 0 Å². The van der Waals surface area contributed by atoms with E-state index in [4.69, 9.17) is 0 Å². The van der Waals surface area contributed by atoms with Crippen LogP contribution in [0.2, 0.25) is 0 Å². The standard InChI is InChI=1S/C15H14S3/c1-9-6-12(17-8-9)13-7-11(3)15(18-13)14-10(2)4-5-16-14/h4-8H,1-3H3. The molecule has 3 heteroatoms. The number of aryl methyl sites for hydroxylation is 3. The molecule has 0 aliphatic carbocycles. The molecule has 0 saturated carbocycles. The van der Waals surface area contributed by atoms with E-state index >= 15 is 0 Å². The Hall–Kier alpha value is -0.900. The lowest BCUT2D eigenvalue weighted by molar-refractivity contribution is 1.51. The third kappa shape index (κ3) is 2.07. The molecule has 0 aliphatic rings. The van der Waals surface area contributed by atoms with Crippen LogP contribution in [0.3, 0.4) is 0 Å². The molecule has 0 aliphatic heterocycles. The maximum Gasteiger partial charge on any atom is 0.0481 e. The SMILES string of the molecule is Cc1csc(-c2cc(C)c(-c3sccc3C)s2)c1. The smallest absolute Gasteiger partial charge is 0.0481 e. The van der Waals surface area contributed by atoms with Crippen LogP contribution >= 0.6 is 34.0 Å². The van der Waals surface area contributed by atoms with Gasteiger partial charge in [-0.2, -0.15) is 0 Å². The van der Waals surface area contributed by atoms with Crippen LogP contribution in [0.5, 0.6) is 0 Å². The second-order valence-corrected chi connectivity index (χ2v) is 7.42. The Bertz CT molecular complexity index is 682. The van der Waals surface area contributed by atoms with Crippen molar-refractivity contribution >= 4 is 34.0 Å². The molecule has 3 aromatic rings. The zero-order chi connectivity index (χ0) is 12.7. The molecule has 0 radical (unpaired) electrons. The van der Waals surface area contributed by atoms with E-state index in [2.05, 4.69) is 49.7 Å². The summed E-state index contributed by atoms with van der Waals surface area (Å²) in [5.74, 6) is 0. The van der Waals surface area contributed by atoms with Crippen LogP contribution in [0.4, 0.5) is 0 Å². The van der Waals surface area contributed by atoms with Crippen LogP contribution in [-0.2, 0) is 0 Å². The van der Waals surface area contributed by atoms with E-state index in [0.29, 0.717) is 0 Å². The van der Waals surface area contributed by atoms with E-state index < -0.39 is 0 Å². The van der Waals surface area contributed by atoms with Gasteiger partial charge in [-0.05, 0) is 66.4 Å². The predicted molar refractivity (Wildman–Crippen MR) is 85.2 cm³/mol. The topological polar surface area (TPSA) is 0 Å². The first-order valence-corrected chi connectivity index (χ1v) is 8.43. The molecule has 3 aromatic heterocycles. The fourth-order valence-electron chi connectivity index (χ4n) is 1.99. The van der Waals surface area contributed by atoms with Gasteiger partial charge in [-0.25, -0.2) is 0 Å². The van der Waals surface area contributed by atoms with Gasteiger partial charge in [0, 0.05) is 19.5 Å². The largest absolute Gasteiger partial charge is 0.143 e. The van der Waals surface area contributed by atoms with Gasteiger partial charge in [0.25, 0.3) is 0 Å². The first kappa shape index (κ1) is 12.2. The van der Waals surface area contributed by atoms with Gasteiger partial charge in [-0.1, -0.05) is 0 Å². The Morgan fingerprint density at radius 3 is 2.28 bits per heavy atom. The summed E-state index contributed by atoms with van der Waals surface area (Å²) >= 11 is 5.60. The summed E-state index contributed by atoms with van der Waals surface area (Å²) < 4.78 is 0. The predicted octanol–water partition coefficient (Wildman–Crippen LogP) is 6.13. The van der Waals surface area contributed by atoms with Gasteiger partial charge in [0.1, 0.15) is 0 Å². The van der Waals surface area contributed by atoms with Gasteiger partial charge >= 0.3 is 0 Å². The van der Waals surface area contributed by atoms with E-state index in [1.165, 1.54) is 36.2 Å². The maximum absolute atomic E-state index is 2.32. The normalized spacial score (nSPS) is 11.1. The molecule has 3 heterocycles. The molecule has 0 nitrogen and oxygen atoms in total. The third-order valence-electron chi connectivity index (χ3n) is 2.96. The molecule has 0 atom stereocenters. The number of hydrogen-bond acceptors (Lipinski definition) is 3. The zero-order valence-electron chi connectivity index (χ0n) is 10.6. The number of hydrogen-bond donors (Lipinski definition) is 0. The Morgan fingerprint density at radius 2 is 1.67 bits per heavy atom. The summed E-state index contributed by atoms with van der Waals surface area (Å²) in [6.07, 6.45) is 0. The summed E-state index contributed by atoms with van der Waals surface area (Å²) in [5.41, 5.74) is 4.14. The molecule has 0 fully saturated rings. The molecule has 0 aromatic carbocycles. The van der Waals surface area contributed by atoms with Crippen LogP contribution in [-0.4, -0.2) is 0 Å². The van der Waals surface area contributed by atoms with Crippen molar-refractivity contribution in [1.82, 2.24) is 0 Å². The Labute approximate surface area is 120 Å². The number of thiophene rings is 3. The van der Waals surface area contributed by atoms with Gasteiger partial charge < -0.3 is 0 Å². The van der Waals surface area contributed by atoms with Crippen molar-refractivity contribution in [2.75, 3.05) is 0 Å². The average molecular weight is 290 g/mol. The highest BCUT2D eigenvalue weighted by atomic mass is 32.1. The van der Waals surface area contributed by atoms with Gasteiger partial charge in [0.15, 0.2) is 0 Å². The highest BCUT2D eigenvalue weighted by Crippen LogP contribution is 2.42. The van der Waals surface area contributed by atoms with Crippen LogP contribution in [0, 0.1) is 20.8 Å². The van der Waals surface area contributed by atoms with E-state index in [0.717, 1.165) is 0 Å². The van der Waals surface area contributed by atoms with Crippen molar-refractivity contribution in [3.05, 3.63) is 45.6 Å². The monoisotopic (exact) mass is 290 g/mol. The average Bonchev–Trinajstić information content (AvgIpc) is 2.99. The molecule has 0 spiro atoms. The van der Waals surface area contributed by atoms with E-state index in [1.807, 2.05) is 34.0 Å². The van der Waals surface area contributed by atoms with Crippen molar-refractivity contribution in [1.29, 1.82) is 0 Å². The molecule has 0 saturated heterocycles. The Morgan fingerprint density at radius 1 is 0.833 bits per heavy atom. The number of rotatable bonds is 2. The minimum absolute atomic E-state index is 1.36. The molecule has 0 amide bonds. The zero-order valence-corrected chi connectivity index (χ0v) is 13.1. The quantitative estimate of drug-likeness (QED) is 0.532. The van der Waals surface area contributed by atoms with Crippen molar-refractivity contribution in [2.45, 2.75) is 20.8 Å². The lowest BCUT2D eigenvalue weighted by atomic mass is 10.2. The van der Waals surface area contributed by atoms with E-state index in [9.17, 15) is 0 Å². The highest BCUT2D eigenvalue weighted by molar-refractivity contribution is 7.26. The van der Waals surface area contributed by atoms with Crippen molar-refractivity contribution < 1.29 is 0 Å². The van der Waals surface area contributed by atoms with Crippen LogP contribution < -0.4 is 0 Å². The lowest BCUT2D eigenvalue weighted by Crippen LogP contribution is -1.72. The van der Waals surface area contributed by atoms with Gasteiger partial charge in [0.05, 0.1) is 0 Å². The van der Waals surface area contributed by atoms with Gasteiger partial charge in [-0.3, -0.25) is 0 Å². The van der Waals surface area contributed by atoms with Gasteiger partial charge in [0.2, 0.25) is 0 Å². The summed E-state index contributed by atoms with van der Waals surface area (Å²) in [6, 6.07) is 6.81. The summed E-state index contributed by atoms with van der Waals surface area (Å²) in [6.45, 7) is 6.57. The lowest BCUT2D eigenvalue weighted by Gasteiger charge is -1.96. The van der Waals surface area contributed by atoms with E-state index in [-0.39, 0.29) is 0 Å². The molecule has 0 unspecified atom stereocenters. The Kier molecular flexibility index (Phi) is 3.14. The third-order valence-corrected chi connectivity index (χ3v) is 6.62. The van der Waals surface area contributed by atoms with Gasteiger partial charge in [-0.15, -0.1) is 34.0 Å². The fourth-order valence-corrected chi connectivity index (χ4v) is 5.36. The summed E-state index contributed by atoms with van der Waals surface area (Å²) in [5, 5.41) is 4.40. The second kappa shape index (κ2) is 4.65.